The molecule has 3 aromatic carbocycles. The van der Waals surface area contributed by atoms with Crippen LogP contribution in [0.2, 0.25) is 5.02 Å². The number of imide groups is 2. The number of carbonyl (C=O) groups is 6. The number of piperidine rings is 3. The molecule has 1 atom stereocenters. The largest absolute Gasteiger partial charge is 0.371 e. The second-order valence-corrected chi connectivity index (χ2v) is 17.5. The molecule has 6 amide bonds. The summed E-state index contributed by atoms with van der Waals surface area (Å²) in [7, 11) is 0. The summed E-state index contributed by atoms with van der Waals surface area (Å²) >= 11 is 6.28. The number of hydrogen-bond acceptors (Lipinski definition) is 9. The molecule has 9 rings (SSSR count). The zero-order valence-electron chi connectivity index (χ0n) is 33.4. The van der Waals surface area contributed by atoms with Gasteiger partial charge in [-0.25, -0.2) is 4.85 Å². The maximum Gasteiger partial charge on any atom is 0.262 e. The van der Waals surface area contributed by atoms with Crippen LogP contribution in [0.25, 0.3) is 4.85 Å². The van der Waals surface area contributed by atoms with E-state index in [9.17, 15) is 28.8 Å². The summed E-state index contributed by atoms with van der Waals surface area (Å²) < 4.78 is 0. The number of benzene rings is 3. The van der Waals surface area contributed by atoms with Crippen molar-refractivity contribution in [3.05, 3.63) is 93.8 Å². The highest BCUT2D eigenvalue weighted by Gasteiger charge is 2.46. The third-order valence-electron chi connectivity index (χ3n) is 13.6. The molecule has 0 radical (unpaired) electrons. The van der Waals surface area contributed by atoms with Crippen molar-refractivity contribution < 1.29 is 28.8 Å². The lowest BCUT2D eigenvalue weighted by Gasteiger charge is -2.40. The predicted octanol–water partition coefficient (Wildman–Crippen LogP) is 4.99. The minimum absolute atomic E-state index is 0.0518. The Labute approximate surface area is 353 Å². The highest BCUT2D eigenvalue weighted by molar-refractivity contribution is 6.33. The quantitative estimate of drug-likeness (QED) is 0.258. The molecule has 15 heteroatoms. The van der Waals surface area contributed by atoms with Crippen LogP contribution in [0.15, 0.2) is 60.7 Å². The molecule has 1 unspecified atom stereocenters. The normalized spacial score (nSPS) is 22.4. The van der Waals surface area contributed by atoms with E-state index >= 15 is 0 Å². The minimum Gasteiger partial charge on any atom is -0.371 e. The summed E-state index contributed by atoms with van der Waals surface area (Å²) in [6.45, 7) is 15.2. The van der Waals surface area contributed by atoms with Crippen LogP contribution in [0, 0.1) is 17.9 Å². The average Bonchev–Trinajstić information content (AvgIpc) is 3.71. The van der Waals surface area contributed by atoms with Gasteiger partial charge in [0.05, 0.1) is 17.7 Å². The van der Waals surface area contributed by atoms with E-state index in [2.05, 4.69) is 24.9 Å². The van der Waals surface area contributed by atoms with Crippen molar-refractivity contribution in [1.82, 2.24) is 20.0 Å². The van der Waals surface area contributed by atoms with Gasteiger partial charge in [-0.1, -0.05) is 17.7 Å². The van der Waals surface area contributed by atoms with Gasteiger partial charge >= 0.3 is 0 Å². The zero-order chi connectivity index (χ0) is 41.7. The zero-order valence-corrected chi connectivity index (χ0v) is 34.2. The van der Waals surface area contributed by atoms with E-state index in [0.29, 0.717) is 53.8 Å². The molecule has 5 saturated heterocycles. The highest BCUT2D eigenvalue weighted by Crippen LogP contribution is 2.44. The molecule has 0 aliphatic carbocycles. The summed E-state index contributed by atoms with van der Waals surface area (Å²) in [5.41, 5.74) is 4.28. The summed E-state index contributed by atoms with van der Waals surface area (Å²) in [4.78, 5) is 92.4. The van der Waals surface area contributed by atoms with Gasteiger partial charge in [-0.05, 0) is 92.6 Å². The fourth-order valence-corrected chi connectivity index (χ4v) is 10.2. The number of nitrogens with zero attached hydrogens (tertiary/aromatic N) is 7. The number of piperazine rings is 1. The number of halogens is 1. The maximum absolute atomic E-state index is 13.6. The van der Waals surface area contributed by atoms with Crippen LogP contribution in [-0.2, 0) is 14.4 Å². The summed E-state index contributed by atoms with van der Waals surface area (Å²) in [5.74, 6) is -1.34. The third-order valence-corrected chi connectivity index (χ3v) is 13.9. The van der Waals surface area contributed by atoms with Crippen molar-refractivity contribution in [2.45, 2.75) is 51.0 Å². The molecule has 6 heterocycles. The number of carbonyl (C=O) groups excluding carboxylic acids is 6. The minimum atomic E-state index is -0.980. The monoisotopic (exact) mass is 830 g/mol. The lowest BCUT2D eigenvalue weighted by atomic mass is 9.77. The van der Waals surface area contributed by atoms with Crippen molar-refractivity contribution in [3.8, 4) is 0 Å². The van der Waals surface area contributed by atoms with E-state index in [1.807, 2.05) is 40.1 Å². The Kier molecular flexibility index (Phi) is 10.6. The average molecular weight is 831 g/mol. The number of hydrogen-bond donors (Lipinski definition) is 1. The van der Waals surface area contributed by atoms with Gasteiger partial charge in [0.15, 0.2) is 0 Å². The van der Waals surface area contributed by atoms with Crippen molar-refractivity contribution in [2.75, 3.05) is 80.1 Å². The van der Waals surface area contributed by atoms with E-state index < -0.39 is 29.7 Å². The Morgan fingerprint density at radius 3 is 2.12 bits per heavy atom. The Bertz CT molecular complexity index is 2300. The second kappa shape index (κ2) is 16.0. The lowest BCUT2D eigenvalue weighted by Crippen LogP contribution is -2.54. The van der Waals surface area contributed by atoms with Crippen LogP contribution < -0.4 is 20.0 Å². The fourth-order valence-electron chi connectivity index (χ4n) is 9.99. The van der Waals surface area contributed by atoms with Gasteiger partial charge in [0.25, 0.3) is 17.7 Å². The van der Waals surface area contributed by atoms with Crippen molar-refractivity contribution in [3.63, 3.8) is 0 Å². The molecule has 14 nitrogen and oxygen atoms in total. The first-order valence-corrected chi connectivity index (χ1v) is 21.3. The van der Waals surface area contributed by atoms with E-state index in [0.717, 1.165) is 93.5 Å². The van der Waals surface area contributed by atoms with Crippen LogP contribution in [0.5, 0.6) is 0 Å². The van der Waals surface area contributed by atoms with Crippen LogP contribution in [0.4, 0.5) is 22.7 Å². The molecule has 310 valence electrons. The maximum atomic E-state index is 13.6. The second-order valence-electron chi connectivity index (χ2n) is 17.1. The van der Waals surface area contributed by atoms with Gasteiger partial charge in [0, 0.05) is 111 Å². The standard InChI is InChI=1S/C45H47ClN8O6/c1-47-37-9-7-33(25-36(37)46)53-28-45(26-40(53)56)14-18-51(19-15-45)31-4-2-30(3-5-31)42(58)52-22-20-49(21-23-52)27-29-12-16-50(17-13-29)32-6-8-34-35(24-32)44(60)54(43(34)59)38-10-11-39(55)48-41(38)57/h2-9,24-25,29,38H,10-23,26-28H2,(H,48,55,57). The molecule has 0 saturated carbocycles. The predicted molar refractivity (Wildman–Crippen MR) is 225 cm³/mol. The van der Waals surface area contributed by atoms with Crippen molar-refractivity contribution in [2.24, 2.45) is 11.3 Å². The number of amides is 6. The van der Waals surface area contributed by atoms with Gasteiger partial charge in [-0.3, -0.25) is 43.9 Å². The number of fused-ring (bicyclic) bond motifs is 1. The van der Waals surface area contributed by atoms with Gasteiger partial charge in [0.2, 0.25) is 23.4 Å². The molecule has 0 aromatic heterocycles. The molecular weight excluding hydrogens is 784 g/mol. The summed E-state index contributed by atoms with van der Waals surface area (Å²) in [5, 5.41) is 2.60. The third kappa shape index (κ3) is 7.49. The number of rotatable bonds is 7. The van der Waals surface area contributed by atoms with Gasteiger partial charge in [0.1, 0.15) is 6.04 Å². The Hall–Kier alpha value is -5.78. The molecular formula is C45H47ClN8O6. The van der Waals surface area contributed by atoms with Crippen LogP contribution in [-0.4, -0.2) is 122 Å². The molecule has 3 aromatic rings. The van der Waals surface area contributed by atoms with Gasteiger partial charge < -0.3 is 19.6 Å². The molecule has 6 aliphatic heterocycles. The molecule has 6 aliphatic rings. The van der Waals surface area contributed by atoms with Crippen LogP contribution >= 0.6 is 11.6 Å². The molecule has 60 heavy (non-hydrogen) atoms. The van der Waals surface area contributed by atoms with Gasteiger partial charge in [-0.15, -0.1) is 0 Å². The lowest BCUT2D eigenvalue weighted by molar-refractivity contribution is -0.136. The fraction of sp³-hybridized carbons (Fsp3) is 0.444. The molecule has 5 fully saturated rings. The Morgan fingerprint density at radius 2 is 1.43 bits per heavy atom. The molecule has 1 spiro atoms. The van der Waals surface area contributed by atoms with Crippen LogP contribution in [0.3, 0.4) is 0 Å². The van der Waals surface area contributed by atoms with E-state index in [-0.39, 0.29) is 35.6 Å². The number of anilines is 3. The smallest absolute Gasteiger partial charge is 0.262 e. The van der Waals surface area contributed by atoms with Crippen molar-refractivity contribution in [1.29, 1.82) is 0 Å². The van der Waals surface area contributed by atoms with Crippen LogP contribution in [0.1, 0.15) is 76.0 Å². The first-order chi connectivity index (χ1) is 29.0. The van der Waals surface area contributed by atoms with Gasteiger partial charge in [-0.2, -0.15) is 0 Å². The molecule has 1 N–H and O–H groups in total. The first kappa shape index (κ1) is 39.7. The van der Waals surface area contributed by atoms with E-state index in [1.54, 1.807) is 30.3 Å². The Morgan fingerprint density at radius 1 is 0.767 bits per heavy atom. The van der Waals surface area contributed by atoms with E-state index in [4.69, 9.17) is 18.2 Å². The van der Waals surface area contributed by atoms with Crippen molar-refractivity contribution >= 4 is 69.8 Å². The number of nitrogens with one attached hydrogen (secondary N) is 1. The molecule has 0 bridgehead atoms. The first-order valence-electron chi connectivity index (χ1n) is 20.9. The van der Waals surface area contributed by atoms with E-state index in [1.165, 1.54) is 0 Å². The SMILES string of the molecule is [C-]#[N+]c1ccc(N2CC3(CCN(c4ccc(C(=O)N5CCN(CC6CCN(c7ccc8c(c7)C(=O)N(C7CCC(=O)NC7=O)C8=O)CC6)CC5)cc4)CC3)CC2=O)cc1Cl. The Balaban J connectivity index is 0.718. The topological polar surface area (TPSA) is 138 Å². The summed E-state index contributed by atoms with van der Waals surface area (Å²) in [6.07, 6.45) is 4.48. The highest BCUT2D eigenvalue weighted by atomic mass is 35.5. The summed E-state index contributed by atoms with van der Waals surface area (Å²) in [6, 6.07) is 17.5.